The normalized spacial score (nSPS) is 23.7. The van der Waals surface area contributed by atoms with Gasteiger partial charge in [0.1, 0.15) is 17.2 Å². The summed E-state index contributed by atoms with van der Waals surface area (Å²) in [6, 6.07) is 5.85. The van der Waals surface area contributed by atoms with Crippen molar-refractivity contribution in [3.8, 4) is 17.1 Å². The molecule has 0 saturated carbocycles. The minimum absolute atomic E-state index is 0.0947. The van der Waals surface area contributed by atoms with E-state index in [1.54, 1.807) is 12.3 Å². The van der Waals surface area contributed by atoms with Gasteiger partial charge in [0.15, 0.2) is 9.84 Å². The molecule has 2 aromatic rings. The Bertz CT molecular complexity index is 910. The molecule has 23 heavy (non-hydrogen) atoms. The zero-order valence-corrected chi connectivity index (χ0v) is 13.9. The minimum atomic E-state index is -3.09. The van der Waals surface area contributed by atoms with Crippen molar-refractivity contribution >= 4 is 9.84 Å². The first-order chi connectivity index (χ1) is 10.8. The molecule has 1 atom stereocenters. The summed E-state index contributed by atoms with van der Waals surface area (Å²) < 4.78 is 31.2. The quantitative estimate of drug-likeness (QED) is 0.849. The Kier molecular flexibility index (Phi) is 2.97. The molecule has 5 nitrogen and oxygen atoms in total. The van der Waals surface area contributed by atoms with Gasteiger partial charge in [-0.15, -0.1) is 0 Å². The molecule has 4 rings (SSSR count). The molecule has 0 aliphatic carbocycles. The predicted octanol–water partition coefficient (Wildman–Crippen LogP) is 2.75. The van der Waals surface area contributed by atoms with Crippen molar-refractivity contribution in [1.82, 2.24) is 9.55 Å². The van der Waals surface area contributed by atoms with Gasteiger partial charge in [0.2, 0.25) is 0 Å². The van der Waals surface area contributed by atoms with Crippen LogP contribution < -0.4 is 4.74 Å². The van der Waals surface area contributed by atoms with Crippen LogP contribution in [0.2, 0.25) is 0 Å². The maximum atomic E-state index is 11.7. The molecule has 120 valence electrons. The molecule has 2 aliphatic heterocycles. The highest BCUT2D eigenvalue weighted by Crippen LogP contribution is 2.37. The van der Waals surface area contributed by atoms with Crippen LogP contribution in [0.15, 0.2) is 42.1 Å². The molecule has 1 aromatic heterocycles. The second-order valence-corrected chi connectivity index (χ2v) is 8.68. The predicted molar refractivity (Wildman–Crippen MR) is 88.0 cm³/mol. The molecule has 0 saturated heterocycles. The van der Waals surface area contributed by atoms with Crippen molar-refractivity contribution < 1.29 is 13.2 Å². The summed E-state index contributed by atoms with van der Waals surface area (Å²) in [5.74, 6) is 1.79. The lowest BCUT2D eigenvalue weighted by atomic mass is 10.00. The molecular weight excluding hydrogens is 312 g/mol. The van der Waals surface area contributed by atoms with Crippen LogP contribution in [0.5, 0.6) is 5.75 Å². The van der Waals surface area contributed by atoms with Crippen molar-refractivity contribution in [2.75, 3.05) is 5.75 Å². The van der Waals surface area contributed by atoms with Gasteiger partial charge >= 0.3 is 0 Å². The molecule has 0 N–H and O–H groups in total. The summed E-state index contributed by atoms with van der Waals surface area (Å²) in [5.41, 5.74) is 1.96. The number of nitrogens with zero attached hydrogens (tertiary/aromatic N) is 2. The Balaban J connectivity index is 1.72. The van der Waals surface area contributed by atoms with Crippen molar-refractivity contribution in [2.45, 2.75) is 31.9 Å². The minimum Gasteiger partial charge on any atom is -0.487 e. The second kappa shape index (κ2) is 4.71. The van der Waals surface area contributed by atoms with Crippen molar-refractivity contribution in [3.05, 3.63) is 47.6 Å². The van der Waals surface area contributed by atoms with Crippen LogP contribution in [0.25, 0.3) is 11.4 Å². The smallest absolute Gasteiger partial charge is 0.173 e. The van der Waals surface area contributed by atoms with E-state index in [0.717, 1.165) is 29.1 Å². The summed E-state index contributed by atoms with van der Waals surface area (Å²) in [5, 5.41) is 1.29. The molecule has 0 radical (unpaired) electrons. The lowest BCUT2D eigenvalue weighted by Crippen LogP contribution is -2.24. The van der Waals surface area contributed by atoms with E-state index < -0.39 is 9.84 Å². The third-order valence-corrected chi connectivity index (χ3v) is 5.64. The Morgan fingerprint density at radius 2 is 2.17 bits per heavy atom. The lowest BCUT2D eigenvalue weighted by molar-refractivity contribution is 0.138. The molecular formula is C17H18N2O3S. The molecule has 6 heteroatoms. The number of sulfone groups is 1. The monoisotopic (exact) mass is 330 g/mol. The largest absolute Gasteiger partial charge is 0.487 e. The second-order valence-electron chi connectivity index (χ2n) is 6.74. The fraction of sp³-hybridized carbons (Fsp3) is 0.353. The highest BCUT2D eigenvalue weighted by Gasteiger charge is 2.31. The first kappa shape index (κ1) is 14.5. The van der Waals surface area contributed by atoms with Gasteiger partial charge in [-0.2, -0.15) is 0 Å². The van der Waals surface area contributed by atoms with Gasteiger partial charge in [0, 0.05) is 29.8 Å². The number of ether oxygens (including phenoxy) is 1. The van der Waals surface area contributed by atoms with E-state index in [1.165, 1.54) is 5.41 Å². The number of allylic oxidation sites excluding steroid dienone is 1. The summed E-state index contributed by atoms with van der Waals surface area (Å²) in [7, 11) is -3.09. The van der Waals surface area contributed by atoms with Crippen molar-refractivity contribution in [3.63, 3.8) is 0 Å². The van der Waals surface area contributed by atoms with Crippen molar-refractivity contribution in [1.29, 1.82) is 0 Å². The van der Waals surface area contributed by atoms with Crippen LogP contribution in [0, 0.1) is 0 Å². The topological polar surface area (TPSA) is 61.2 Å². The number of fused-ring (bicyclic) bond motifs is 1. The van der Waals surface area contributed by atoms with E-state index in [9.17, 15) is 8.42 Å². The summed E-state index contributed by atoms with van der Waals surface area (Å²) in [4.78, 5) is 4.43. The molecule has 2 aliphatic rings. The van der Waals surface area contributed by atoms with Gasteiger partial charge in [-0.1, -0.05) is 0 Å². The van der Waals surface area contributed by atoms with Gasteiger partial charge in [-0.3, -0.25) is 0 Å². The van der Waals surface area contributed by atoms with Crippen LogP contribution in [0.1, 0.15) is 25.5 Å². The average Bonchev–Trinajstić information content (AvgIpc) is 3.12. The summed E-state index contributed by atoms with van der Waals surface area (Å²) in [6.45, 7) is 4.14. The fourth-order valence-corrected chi connectivity index (χ4v) is 4.57. The van der Waals surface area contributed by atoms with Crippen LogP contribution in [-0.2, 0) is 16.3 Å². The van der Waals surface area contributed by atoms with Gasteiger partial charge < -0.3 is 9.30 Å². The number of imidazole rings is 1. The third kappa shape index (κ3) is 2.57. The van der Waals surface area contributed by atoms with Crippen molar-refractivity contribution in [2.24, 2.45) is 0 Å². The third-order valence-electron chi connectivity index (χ3n) is 4.26. The first-order valence-electron chi connectivity index (χ1n) is 7.59. The van der Waals surface area contributed by atoms with Gasteiger partial charge in [-0.25, -0.2) is 13.4 Å². The number of hydrogen-bond donors (Lipinski definition) is 0. The Morgan fingerprint density at radius 1 is 1.35 bits per heavy atom. The van der Waals surface area contributed by atoms with Crippen LogP contribution in [0.4, 0.5) is 0 Å². The van der Waals surface area contributed by atoms with E-state index in [1.807, 2.05) is 22.9 Å². The maximum absolute atomic E-state index is 11.7. The number of aromatic nitrogens is 2. The van der Waals surface area contributed by atoms with Gasteiger partial charge in [0.25, 0.3) is 0 Å². The molecule has 3 heterocycles. The Hall–Kier alpha value is -2.08. The summed E-state index contributed by atoms with van der Waals surface area (Å²) in [6.07, 6.45) is 6.12. The van der Waals surface area contributed by atoms with Crippen LogP contribution in [-0.4, -0.2) is 29.3 Å². The van der Waals surface area contributed by atoms with Crippen LogP contribution >= 0.6 is 0 Å². The molecule has 0 fully saturated rings. The Labute approximate surface area is 135 Å². The standard InChI is InChI=1S/C17H18N2O3S/c1-17(2)10-13-9-12(3-4-15(13)22-17)16-18-6-7-19(16)14-5-8-23(20,21)11-14/h3-9,14H,10-11H2,1-2H3. The molecule has 1 aromatic carbocycles. The molecule has 0 bridgehead atoms. The first-order valence-corrected chi connectivity index (χ1v) is 9.31. The lowest BCUT2D eigenvalue weighted by Gasteiger charge is -2.16. The van der Waals surface area contributed by atoms with E-state index in [-0.39, 0.29) is 17.4 Å². The maximum Gasteiger partial charge on any atom is 0.173 e. The fourth-order valence-electron chi connectivity index (χ4n) is 3.29. The van der Waals surface area contributed by atoms with Gasteiger partial charge in [-0.05, 0) is 43.7 Å². The van der Waals surface area contributed by atoms with Gasteiger partial charge in [0.05, 0.1) is 11.8 Å². The highest BCUT2D eigenvalue weighted by molar-refractivity contribution is 7.94. The summed E-state index contributed by atoms with van der Waals surface area (Å²) >= 11 is 0. The molecule has 0 amide bonds. The number of benzene rings is 1. The van der Waals surface area contributed by atoms with Crippen LogP contribution in [0.3, 0.4) is 0 Å². The van der Waals surface area contributed by atoms with E-state index in [0.29, 0.717) is 0 Å². The van der Waals surface area contributed by atoms with E-state index >= 15 is 0 Å². The number of hydrogen-bond acceptors (Lipinski definition) is 4. The number of rotatable bonds is 2. The zero-order valence-electron chi connectivity index (χ0n) is 13.1. The zero-order chi connectivity index (χ0) is 16.2. The van der Waals surface area contributed by atoms with E-state index in [2.05, 4.69) is 24.9 Å². The molecule has 0 spiro atoms. The Morgan fingerprint density at radius 3 is 2.91 bits per heavy atom. The molecule has 1 unspecified atom stereocenters. The average molecular weight is 330 g/mol. The van der Waals surface area contributed by atoms with E-state index in [4.69, 9.17) is 4.74 Å². The SMILES string of the molecule is CC1(C)Cc2cc(-c3nccn3C3C=CS(=O)(=O)C3)ccc2O1. The highest BCUT2D eigenvalue weighted by atomic mass is 32.2.